The Morgan fingerprint density at radius 2 is 1.76 bits per heavy atom. The Kier molecular flexibility index (Phi) is 7.13. The number of morpholine rings is 1. The summed E-state index contributed by atoms with van der Waals surface area (Å²) < 4.78 is 36.4. The highest BCUT2D eigenvalue weighted by atomic mass is 35.5. The minimum atomic E-state index is -1.23. The lowest BCUT2D eigenvalue weighted by Gasteiger charge is -2.26. The van der Waals surface area contributed by atoms with Crippen molar-refractivity contribution in [3.05, 3.63) is 64.2 Å². The summed E-state index contributed by atoms with van der Waals surface area (Å²) in [6.45, 7) is 3.41. The minimum absolute atomic E-state index is 0.301. The second kappa shape index (κ2) is 9.78. The zero-order valence-corrected chi connectivity index (χ0v) is 16.2. The predicted molar refractivity (Wildman–Crippen MR) is 103 cm³/mol. The van der Waals surface area contributed by atoms with E-state index in [0.717, 1.165) is 38.4 Å². The van der Waals surface area contributed by atoms with Crippen molar-refractivity contribution in [1.82, 2.24) is 4.90 Å². The van der Waals surface area contributed by atoms with Crippen LogP contribution in [0.15, 0.2) is 36.4 Å². The van der Waals surface area contributed by atoms with E-state index in [1.165, 1.54) is 0 Å². The van der Waals surface area contributed by atoms with Crippen molar-refractivity contribution in [2.75, 3.05) is 38.2 Å². The quantitative estimate of drug-likeness (QED) is 0.569. The van der Waals surface area contributed by atoms with Crippen LogP contribution < -0.4 is 5.32 Å². The summed E-state index contributed by atoms with van der Waals surface area (Å²) in [4.78, 5) is 26.2. The number of amides is 1. The second-order valence-electron chi connectivity index (χ2n) is 6.46. The fourth-order valence-corrected chi connectivity index (χ4v) is 3.02. The van der Waals surface area contributed by atoms with E-state index in [9.17, 15) is 18.4 Å². The summed E-state index contributed by atoms with van der Waals surface area (Å²) in [5.41, 5.74) is 1.29. The molecule has 6 nitrogen and oxygen atoms in total. The Morgan fingerprint density at radius 3 is 2.45 bits per heavy atom. The molecule has 9 heteroatoms. The smallest absolute Gasteiger partial charge is 0.340 e. The number of nitrogens with one attached hydrogen (secondary N) is 1. The monoisotopic (exact) mass is 424 g/mol. The second-order valence-corrected chi connectivity index (χ2v) is 6.86. The first kappa shape index (κ1) is 21.2. The molecule has 29 heavy (non-hydrogen) atoms. The summed E-state index contributed by atoms with van der Waals surface area (Å²) in [7, 11) is 0. The van der Waals surface area contributed by atoms with Crippen LogP contribution in [0.25, 0.3) is 0 Å². The number of halogens is 3. The van der Waals surface area contributed by atoms with Crippen LogP contribution in [0, 0.1) is 11.6 Å². The zero-order chi connectivity index (χ0) is 20.8. The van der Waals surface area contributed by atoms with E-state index in [0.29, 0.717) is 17.8 Å². The van der Waals surface area contributed by atoms with E-state index in [4.69, 9.17) is 21.1 Å². The van der Waals surface area contributed by atoms with Crippen LogP contribution in [0.1, 0.15) is 15.9 Å². The lowest BCUT2D eigenvalue weighted by molar-refractivity contribution is -0.119. The van der Waals surface area contributed by atoms with Gasteiger partial charge in [-0.15, -0.1) is 0 Å². The predicted octanol–water partition coefficient (Wildman–Crippen LogP) is 3.25. The molecule has 0 atom stereocenters. The summed E-state index contributed by atoms with van der Waals surface area (Å²) >= 11 is 5.71. The minimum Gasteiger partial charge on any atom is -0.452 e. The van der Waals surface area contributed by atoms with E-state index in [1.54, 1.807) is 12.1 Å². The highest BCUT2D eigenvalue weighted by molar-refractivity contribution is 6.33. The molecule has 0 saturated carbocycles. The van der Waals surface area contributed by atoms with Gasteiger partial charge in [0.05, 0.1) is 23.8 Å². The average Bonchev–Trinajstić information content (AvgIpc) is 2.71. The highest BCUT2D eigenvalue weighted by Crippen LogP contribution is 2.21. The number of esters is 1. The summed E-state index contributed by atoms with van der Waals surface area (Å²) in [6.07, 6.45) is 0. The first-order valence-corrected chi connectivity index (χ1v) is 9.31. The van der Waals surface area contributed by atoms with Crippen molar-refractivity contribution in [2.24, 2.45) is 0 Å². The van der Waals surface area contributed by atoms with Gasteiger partial charge in [-0.3, -0.25) is 9.69 Å². The molecule has 1 heterocycles. The van der Waals surface area contributed by atoms with Crippen LogP contribution in [0.4, 0.5) is 14.5 Å². The van der Waals surface area contributed by atoms with Crippen molar-refractivity contribution >= 4 is 29.2 Å². The molecule has 0 radical (unpaired) electrons. The fourth-order valence-electron chi connectivity index (χ4n) is 2.80. The molecule has 1 saturated heterocycles. The molecule has 1 aliphatic heterocycles. The van der Waals surface area contributed by atoms with Crippen molar-refractivity contribution in [3.63, 3.8) is 0 Å². The van der Waals surface area contributed by atoms with Gasteiger partial charge in [-0.1, -0.05) is 23.7 Å². The molecule has 0 aliphatic carbocycles. The molecule has 1 fully saturated rings. The Morgan fingerprint density at radius 1 is 1.10 bits per heavy atom. The number of rotatable bonds is 6. The maximum atomic E-state index is 13.3. The van der Waals surface area contributed by atoms with Gasteiger partial charge in [0.25, 0.3) is 5.91 Å². The molecule has 2 aromatic carbocycles. The number of anilines is 1. The number of hydrogen-bond acceptors (Lipinski definition) is 5. The Bertz CT molecular complexity index is 887. The molecule has 1 aliphatic rings. The molecule has 0 spiro atoms. The standard InChI is InChI=1S/C20H19ClF2N2O4/c21-16-10-18(23)17(22)9-15(16)20(27)29-12-19(26)24-14-3-1-13(2-4-14)11-25-5-7-28-8-6-25/h1-4,9-10H,5-8,11-12H2,(H,24,26). The molecular weight excluding hydrogens is 406 g/mol. The largest absolute Gasteiger partial charge is 0.452 e. The maximum Gasteiger partial charge on any atom is 0.340 e. The molecule has 1 amide bonds. The van der Waals surface area contributed by atoms with Crippen molar-refractivity contribution in [2.45, 2.75) is 6.54 Å². The normalized spacial score (nSPS) is 14.4. The van der Waals surface area contributed by atoms with E-state index in [-0.39, 0.29) is 10.6 Å². The van der Waals surface area contributed by atoms with Crippen molar-refractivity contribution in [3.8, 4) is 0 Å². The SMILES string of the molecule is O=C(COC(=O)c1cc(F)c(F)cc1Cl)Nc1ccc(CN2CCOCC2)cc1. The lowest BCUT2D eigenvalue weighted by atomic mass is 10.2. The molecule has 2 aromatic rings. The molecular formula is C20H19ClF2N2O4. The Balaban J connectivity index is 1.49. The molecule has 1 N–H and O–H groups in total. The lowest BCUT2D eigenvalue weighted by Crippen LogP contribution is -2.35. The molecule has 0 aromatic heterocycles. The third-order valence-electron chi connectivity index (χ3n) is 4.31. The zero-order valence-electron chi connectivity index (χ0n) is 15.4. The van der Waals surface area contributed by atoms with E-state index in [1.807, 2.05) is 12.1 Å². The van der Waals surface area contributed by atoms with Crippen molar-refractivity contribution in [1.29, 1.82) is 0 Å². The van der Waals surface area contributed by atoms with Crippen LogP contribution >= 0.6 is 11.6 Å². The van der Waals surface area contributed by atoms with E-state index in [2.05, 4.69) is 10.2 Å². The third kappa shape index (κ3) is 5.96. The van der Waals surface area contributed by atoms with Crippen molar-refractivity contribution < 1.29 is 27.8 Å². The van der Waals surface area contributed by atoms with Gasteiger partial charge >= 0.3 is 5.97 Å². The van der Waals surface area contributed by atoms with Gasteiger partial charge in [-0.25, -0.2) is 13.6 Å². The topological polar surface area (TPSA) is 67.9 Å². The first-order valence-electron chi connectivity index (χ1n) is 8.93. The van der Waals surface area contributed by atoms with Crippen LogP contribution in [0.3, 0.4) is 0 Å². The Labute approximate surface area is 171 Å². The summed E-state index contributed by atoms with van der Waals surface area (Å²) in [5.74, 6) is -4.01. The van der Waals surface area contributed by atoms with Crippen LogP contribution in [0.5, 0.6) is 0 Å². The fraction of sp³-hybridized carbons (Fsp3) is 0.300. The van der Waals surface area contributed by atoms with Crippen LogP contribution in [-0.4, -0.2) is 49.7 Å². The van der Waals surface area contributed by atoms with E-state index < -0.39 is 30.1 Å². The number of hydrogen-bond donors (Lipinski definition) is 1. The average molecular weight is 425 g/mol. The number of nitrogens with zero attached hydrogens (tertiary/aromatic N) is 1. The number of benzene rings is 2. The maximum absolute atomic E-state index is 13.3. The third-order valence-corrected chi connectivity index (χ3v) is 4.62. The number of carbonyl (C=O) groups excluding carboxylic acids is 2. The van der Waals surface area contributed by atoms with Gasteiger partial charge in [-0.2, -0.15) is 0 Å². The van der Waals surface area contributed by atoms with Gasteiger partial charge < -0.3 is 14.8 Å². The molecule has 0 unspecified atom stereocenters. The first-order chi connectivity index (χ1) is 13.9. The van der Waals surface area contributed by atoms with Gasteiger partial charge in [0.2, 0.25) is 0 Å². The number of ether oxygens (including phenoxy) is 2. The van der Waals surface area contributed by atoms with Gasteiger partial charge in [0.1, 0.15) is 0 Å². The molecule has 154 valence electrons. The van der Waals surface area contributed by atoms with E-state index >= 15 is 0 Å². The Hall–Kier alpha value is -2.55. The summed E-state index contributed by atoms with van der Waals surface area (Å²) in [6, 6.07) is 8.61. The highest BCUT2D eigenvalue weighted by Gasteiger charge is 2.17. The van der Waals surface area contributed by atoms with Gasteiger partial charge in [-0.05, 0) is 29.8 Å². The van der Waals surface area contributed by atoms with Crippen LogP contribution in [-0.2, 0) is 20.8 Å². The summed E-state index contributed by atoms with van der Waals surface area (Å²) in [5, 5.41) is 2.30. The van der Waals surface area contributed by atoms with Gasteiger partial charge in [0, 0.05) is 25.3 Å². The number of carbonyl (C=O) groups is 2. The molecule has 3 rings (SSSR count). The molecule has 0 bridgehead atoms. The van der Waals surface area contributed by atoms with Gasteiger partial charge in [0.15, 0.2) is 18.2 Å². The van der Waals surface area contributed by atoms with Crippen LogP contribution in [0.2, 0.25) is 5.02 Å².